The number of phenolic OH excluding ortho intramolecular Hbond substituents is 1. The van der Waals surface area contributed by atoms with Crippen LogP contribution in [0.2, 0.25) is 0 Å². The van der Waals surface area contributed by atoms with Crippen LogP contribution in [0.1, 0.15) is 30.1 Å². The highest BCUT2D eigenvalue weighted by atomic mass is 19.1. The van der Waals surface area contributed by atoms with E-state index in [0.717, 1.165) is 12.1 Å². The van der Waals surface area contributed by atoms with Gasteiger partial charge in [-0.25, -0.2) is 4.39 Å². The molecule has 1 aliphatic heterocycles. The first-order valence-electron chi connectivity index (χ1n) is 6.97. The summed E-state index contributed by atoms with van der Waals surface area (Å²) in [6, 6.07) is 3.28. The normalized spacial score (nSPS) is 18.4. The van der Waals surface area contributed by atoms with Gasteiger partial charge in [0.05, 0.1) is 18.1 Å². The highest BCUT2D eigenvalue weighted by molar-refractivity contribution is 5.97. The van der Waals surface area contributed by atoms with Crippen molar-refractivity contribution in [2.45, 2.75) is 19.8 Å². The van der Waals surface area contributed by atoms with E-state index in [1.807, 2.05) is 0 Å². The number of halogens is 1. The number of aromatic hydroxyl groups is 1. The summed E-state index contributed by atoms with van der Waals surface area (Å²) in [5, 5.41) is 9.67. The Bertz CT molecular complexity index is 546. The Morgan fingerprint density at radius 2 is 2.24 bits per heavy atom. The number of phenols is 1. The predicted molar refractivity (Wildman–Crippen MR) is 73.3 cm³/mol. The monoisotopic (exact) mass is 295 g/mol. The SMILES string of the molecule is CCOC(=O)[C@H]1CCCN(C(=O)c2ccc(F)cc2O)C1. The molecule has 0 aliphatic carbocycles. The van der Waals surface area contributed by atoms with Gasteiger partial charge >= 0.3 is 5.97 Å². The van der Waals surface area contributed by atoms with E-state index in [9.17, 15) is 19.1 Å². The van der Waals surface area contributed by atoms with Crippen molar-refractivity contribution in [3.05, 3.63) is 29.6 Å². The molecule has 1 atom stereocenters. The van der Waals surface area contributed by atoms with Gasteiger partial charge in [-0.05, 0) is 31.9 Å². The number of carbonyl (C=O) groups excluding carboxylic acids is 2. The minimum absolute atomic E-state index is 0.0425. The van der Waals surface area contributed by atoms with Gasteiger partial charge in [-0.15, -0.1) is 0 Å². The Morgan fingerprint density at radius 3 is 2.90 bits per heavy atom. The lowest BCUT2D eigenvalue weighted by Gasteiger charge is -2.31. The number of nitrogens with zero attached hydrogens (tertiary/aromatic N) is 1. The fraction of sp³-hybridized carbons (Fsp3) is 0.467. The van der Waals surface area contributed by atoms with Crippen molar-refractivity contribution in [2.24, 2.45) is 5.92 Å². The summed E-state index contributed by atoms with van der Waals surface area (Å²) in [5.41, 5.74) is 0.0425. The van der Waals surface area contributed by atoms with E-state index in [4.69, 9.17) is 4.74 Å². The van der Waals surface area contributed by atoms with E-state index in [1.165, 1.54) is 11.0 Å². The number of benzene rings is 1. The molecule has 1 aromatic rings. The number of rotatable bonds is 3. The molecule has 0 saturated carbocycles. The lowest BCUT2D eigenvalue weighted by molar-refractivity contribution is -0.149. The van der Waals surface area contributed by atoms with Gasteiger partial charge in [-0.3, -0.25) is 9.59 Å². The van der Waals surface area contributed by atoms with Crippen molar-refractivity contribution in [2.75, 3.05) is 19.7 Å². The highest BCUT2D eigenvalue weighted by Gasteiger charge is 2.30. The highest BCUT2D eigenvalue weighted by Crippen LogP contribution is 2.24. The zero-order valence-electron chi connectivity index (χ0n) is 11.8. The molecule has 1 saturated heterocycles. The maximum absolute atomic E-state index is 13.0. The summed E-state index contributed by atoms with van der Waals surface area (Å²) in [6.07, 6.45) is 1.37. The summed E-state index contributed by atoms with van der Waals surface area (Å²) >= 11 is 0. The molecule has 0 unspecified atom stereocenters. The molecule has 1 fully saturated rings. The number of piperidine rings is 1. The molecule has 5 nitrogen and oxygen atoms in total. The minimum atomic E-state index is -0.605. The quantitative estimate of drug-likeness (QED) is 0.865. The molecule has 0 radical (unpaired) electrons. The average molecular weight is 295 g/mol. The van der Waals surface area contributed by atoms with Crippen LogP contribution in [0.15, 0.2) is 18.2 Å². The summed E-state index contributed by atoms with van der Waals surface area (Å²) in [4.78, 5) is 25.6. The Hall–Kier alpha value is -2.11. The third kappa shape index (κ3) is 3.51. The van der Waals surface area contributed by atoms with Crippen LogP contribution >= 0.6 is 0 Å². The molecule has 0 spiro atoms. The van der Waals surface area contributed by atoms with Gasteiger partial charge in [0.15, 0.2) is 0 Å². The molecular weight excluding hydrogens is 277 g/mol. The minimum Gasteiger partial charge on any atom is -0.507 e. The van der Waals surface area contributed by atoms with Crippen molar-refractivity contribution in [1.29, 1.82) is 0 Å². The lowest BCUT2D eigenvalue weighted by atomic mass is 9.97. The van der Waals surface area contributed by atoms with E-state index in [2.05, 4.69) is 0 Å². The van der Waals surface area contributed by atoms with E-state index in [-0.39, 0.29) is 24.0 Å². The smallest absolute Gasteiger partial charge is 0.310 e. The zero-order chi connectivity index (χ0) is 15.4. The topological polar surface area (TPSA) is 66.8 Å². The van der Waals surface area contributed by atoms with Gasteiger partial charge in [0, 0.05) is 19.2 Å². The summed E-state index contributed by atoms with van der Waals surface area (Å²) in [7, 11) is 0. The first kappa shape index (κ1) is 15.3. The van der Waals surface area contributed by atoms with Crippen molar-refractivity contribution in [3.63, 3.8) is 0 Å². The molecule has 1 amide bonds. The second-order valence-corrected chi connectivity index (χ2v) is 5.00. The molecule has 1 N–H and O–H groups in total. The van der Waals surface area contributed by atoms with Crippen LogP contribution in [0.3, 0.4) is 0 Å². The molecule has 6 heteroatoms. The van der Waals surface area contributed by atoms with Gasteiger partial charge < -0.3 is 14.7 Å². The number of hydrogen-bond donors (Lipinski definition) is 1. The van der Waals surface area contributed by atoms with Gasteiger partial charge in [0.25, 0.3) is 5.91 Å². The second kappa shape index (κ2) is 6.56. The number of esters is 1. The van der Waals surface area contributed by atoms with Gasteiger partial charge in [0.2, 0.25) is 0 Å². The molecule has 1 heterocycles. The van der Waals surface area contributed by atoms with Gasteiger partial charge in [-0.2, -0.15) is 0 Å². The van der Waals surface area contributed by atoms with Crippen LogP contribution in [0.4, 0.5) is 4.39 Å². The average Bonchev–Trinajstić information content (AvgIpc) is 2.47. The number of carbonyl (C=O) groups is 2. The third-order valence-electron chi connectivity index (χ3n) is 3.52. The van der Waals surface area contributed by atoms with Crippen molar-refractivity contribution < 1.29 is 23.8 Å². The zero-order valence-corrected chi connectivity index (χ0v) is 11.8. The molecule has 0 aromatic heterocycles. The fourth-order valence-corrected chi connectivity index (χ4v) is 2.47. The molecule has 114 valence electrons. The maximum atomic E-state index is 13.0. The Kier molecular flexibility index (Phi) is 4.77. The van der Waals surface area contributed by atoms with E-state index in [1.54, 1.807) is 6.92 Å². The maximum Gasteiger partial charge on any atom is 0.310 e. The number of amides is 1. The molecule has 0 bridgehead atoms. The Labute approximate surface area is 122 Å². The van der Waals surface area contributed by atoms with Crippen LogP contribution in [0, 0.1) is 11.7 Å². The van der Waals surface area contributed by atoms with Crippen molar-refractivity contribution >= 4 is 11.9 Å². The number of ether oxygens (including phenoxy) is 1. The Morgan fingerprint density at radius 1 is 1.48 bits per heavy atom. The van der Waals surface area contributed by atoms with Crippen molar-refractivity contribution in [1.82, 2.24) is 4.90 Å². The van der Waals surface area contributed by atoms with Crippen LogP contribution in [-0.4, -0.2) is 41.6 Å². The number of likely N-dealkylation sites (tertiary alicyclic amines) is 1. The molecule has 1 aromatic carbocycles. The van der Waals surface area contributed by atoms with Crippen LogP contribution in [0.5, 0.6) is 5.75 Å². The molecule has 21 heavy (non-hydrogen) atoms. The first-order valence-corrected chi connectivity index (χ1v) is 6.97. The first-order chi connectivity index (χ1) is 10.0. The predicted octanol–water partition coefficient (Wildman–Crippen LogP) is 1.95. The third-order valence-corrected chi connectivity index (χ3v) is 3.52. The molecular formula is C15H18FNO4. The Balaban J connectivity index is 2.10. The summed E-state index contributed by atoms with van der Waals surface area (Å²) < 4.78 is 17.9. The van der Waals surface area contributed by atoms with Gasteiger partial charge in [0.1, 0.15) is 11.6 Å². The van der Waals surface area contributed by atoms with Crippen LogP contribution < -0.4 is 0 Å². The van der Waals surface area contributed by atoms with Crippen molar-refractivity contribution in [3.8, 4) is 5.75 Å². The van der Waals surface area contributed by atoms with E-state index < -0.39 is 17.5 Å². The summed E-state index contributed by atoms with van der Waals surface area (Å²) in [6.45, 7) is 2.81. The fourth-order valence-electron chi connectivity index (χ4n) is 2.47. The standard InChI is InChI=1S/C15H18FNO4/c1-2-21-15(20)10-4-3-7-17(9-10)14(19)12-6-5-11(16)8-13(12)18/h5-6,8,10,18H,2-4,7,9H2,1H3/t10-/m0/s1. The molecule has 1 aliphatic rings. The second-order valence-electron chi connectivity index (χ2n) is 5.00. The van der Waals surface area contributed by atoms with Crippen LogP contribution in [0.25, 0.3) is 0 Å². The number of hydrogen-bond acceptors (Lipinski definition) is 4. The summed E-state index contributed by atoms with van der Waals surface area (Å²) in [5.74, 6) is -2.05. The van der Waals surface area contributed by atoms with E-state index >= 15 is 0 Å². The molecule has 2 rings (SSSR count). The van der Waals surface area contributed by atoms with E-state index in [0.29, 0.717) is 26.0 Å². The van der Waals surface area contributed by atoms with Gasteiger partial charge in [-0.1, -0.05) is 0 Å². The largest absolute Gasteiger partial charge is 0.507 e. The lowest BCUT2D eigenvalue weighted by Crippen LogP contribution is -2.42. The van der Waals surface area contributed by atoms with Crippen LogP contribution in [-0.2, 0) is 9.53 Å².